The van der Waals surface area contributed by atoms with Gasteiger partial charge in [-0.25, -0.2) is 0 Å². The summed E-state index contributed by atoms with van der Waals surface area (Å²) < 4.78 is 8.45. The molecular weight excluding hydrogens is 527 g/mol. The molecule has 6 aromatic rings. The fourth-order valence-electron chi connectivity index (χ4n) is 5.13. The number of carbonyl (C=O) groups excluding carboxylic acids is 1. The number of rotatable bonds is 7. The number of amides is 1. The van der Waals surface area contributed by atoms with Crippen LogP contribution in [0.4, 0.5) is 0 Å². The van der Waals surface area contributed by atoms with Crippen molar-refractivity contribution in [1.82, 2.24) is 4.57 Å². The van der Waals surface area contributed by atoms with Gasteiger partial charge in [-0.2, -0.15) is 0 Å². The van der Waals surface area contributed by atoms with E-state index in [9.17, 15) is 4.79 Å². The Hall–Kier alpha value is -4.25. The summed E-state index contributed by atoms with van der Waals surface area (Å²) in [6.45, 7) is 0.985. The molecule has 6 heteroatoms. The van der Waals surface area contributed by atoms with Crippen LogP contribution in [0.1, 0.15) is 21.5 Å². The van der Waals surface area contributed by atoms with Gasteiger partial charge in [-0.05, 0) is 47.5 Å². The number of fused-ring (bicyclic) bond motifs is 3. The SMILES string of the molecule is NC(=O)c1cccc2c1c1ccc(-c3c(Cl)cccc3Cl)cc1n2Cc1ccccc1OCc1ccccc1. The number of hydrogen-bond donors (Lipinski definition) is 1. The third kappa shape index (κ3) is 4.74. The lowest BCUT2D eigenvalue weighted by Crippen LogP contribution is -2.11. The predicted molar refractivity (Wildman–Crippen MR) is 160 cm³/mol. The summed E-state index contributed by atoms with van der Waals surface area (Å²) >= 11 is 13.1. The minimum atomic E-state index is -0.468. The molecule has 0 spiro atoms. The van der Waals surface area contributed by atoms with Crippen molar-refractivity contribution >= 4 is 50.9 Å². The number of halogens is 2. The van der Waals surface area contributed by atoms with Crippen LogP contribution in [0.5, 0.6) is 5.75 Å². The highest BCUT2D eigenvalue weighted by atomic mass is 35.5. The van der Waals surface area contributed by atoms with Crippen LogP contribution < -0.4 is 10.5 Å². The molecule has 6 rings (SSSR count). The fourth-order valence-corrected chi connectivity index (χ4v) is 5.75. The molecule has 0 atom stereocenters. The highest BCUT2D eigenvalue weighted by Crippen LogP contribution is 2.39. The minimum absolute atomic E-state index is 0.464. The second-order valence-electron chi connectivity index (χ2n) is 9.36. The number of hydrogen-bond acceptors (Lipinski definition) is 2. The number of nitrogens with zero attached hydrogens (tertiary/aromatic N) is 1. The van der Waals surface area contributed by atoms with Crippen LogP contribution in [0, 0.1) is 0 Å². The Balaban J connectivity index is 1.52. The first-order valence-corrected chi connectivity index (χ1v) is 13.3. The van der Waals surface area contributed by atoms with Crippen molar-refractivity contribution in [3.05, 3.63) is 136 Å². The van der Waals surface area contributed by atoms with Gasteiger partial charge in [-0.3, -0.25) is 4.79 Å². The molecule has 0 aliphatic carbocycles. The molecular formula is C33H24Cl2N2O2. The van der Waals surface area contributed by atoms with E-state index in [2.05, 4.69) is 16.7 Å². The normalized spacial score (nSPS) is 11.2. The molecule has 0 aliphatic rings. The maximum absolute atomic E-state index is 12.4. The van der Waals surface area contributed by atoms with E-state index < -0.39 is 5.91 Å². The Bertz CT molecular complexity index is 1820. The topological polar surface area (TPSA) is 57.2 Å². The van der Waals surface area contributed by atoms with Gasteiger partial charge in [0.1, 0.15) is 12.4 Å². The summed E-state index contributed by atoms with van der Waals surface area (Å²) in [5, 5.41) is 2.89. The lowest BCUT2D eigenvalue weighted by atomic mass is 10.0. The van der Waals surface area contributed by atoms with E-state index in [4.69, 9.17) is 33.7 Å². The van der Waals surface area contributed by atoms with E-state index in [0.717, 1.165) is 49.8 Å². The number of nitrogens with two attached hydrogens (primary N) is 1. The van der Waals surface area contributed by atoms with Crippen LogP contribution in [0.3, 0.4) is 0 Å². The monoisotopic (exact) mass is 550 g/mol. The van der Waals surface area contributed by atoms with Crippen molar-refractivity contribution in [3.63, 3.8) is 0 Å². The van der Waals surface area contributed by atoms with Crippen molar-refractivity contribution < 1.29 is 9.53 Å². The number of carbonyl (C=O) groups is 1. The molecule has 4 nitrogen and oxygen atoms in total. The van der Waals surface area contributed by atoms with Crippen molar-refractivity contribution in [1.29, 1.82) is 0 Å². The molecule has 0 radical (unpaired) electrons. The smallest absolute Gasteiger partial charge is 0.249 e. The van der Waals surface area contributed by atoms with Crippen LogP contribution in [0.2, 0.25) is 10.0 Å². The Morgan fingerprint density at radius 2 is 1.49 bits per heavy atom. The van der Waals surface area contributed by atoms with Crippen LogP contribution in [0.15, 0.2) is 109 Å². The van der Waals surface area contributed by atoms with Crippen molar-refractivity contribution in [2.24, 2.45) is 5.73 Å². The van der Waals surface area contributed by atoms with Crippen molar-refractivity contribution in [3.8, 4) is 16.9 Å². The molecule has 0 saturated heterocycles. The first kappa shape index (κ1) is 25.1. The van der Waals surface area contributed by atoms with Crippen LogP contribution in [-0.2, 0) is 13.2 Å². The third-order valence-electron chi connectivity index (χ3n) is 6.95. The van der Waals surface area contributed by atoms with Gasteiger partial charge in [-0.15, -0.1) is 0 Å². The second kappa shape index (κ2) is 10.5. The zero-order valence-electron chi connectivity index (χ0n) is 20.9. The van der Waals surface area contributed by atoms with Crippen molar-refractivity contribution in [2.45, 2.75) is 13.2 Å². The van der Waals surface area contributed by atoms with E-state index in [1.165, 1.54) is 0 Å². The van der Waals surface area contributed by atoms with Gasteiger partial charge in [0.25, 0.3) is 0 Å². The van der Waals surface area contributed by atoms with E-state index in [-0.39, 0.29) is 0 Å². The lowest BCUT2D eigenvalue weighted by molar-refractivity contribution is 0.100. The van der Waals surface area contributed by atoms with Crippen molar-refractivity contribution in [2.75, 3.05) is 0 Å². The lowest BCUT2D eigenvalue weighted by Gasteiger charge is -2.14. The van der Waals surface area contributed by atoms with Crippen LogP contribution >= 0.6 is 23.2 Å². The second-order valence-corrected chi connectivity index (χ2v) is 10.2. The van der Waals surface area contributed by atoms with Gasteiger partial charge in [0.15, 0.2) is 0 Å². The minimum Gasteiger partial charge on any atom is -0.489 e. The van der Waals surface area contributed by atoms with Gasteiger partial charge >= 0.3 is 0 Å². The standard InChI is InChI=1S/C33H24Cl2N2O2/c34-26-12-7-13-27(35)31(26)22-16-17-24-29(18-22)37(28-14-6-11-25(32(24)28)33(36)38)19-23-10-4-5-15-30(23)39-20-21-8-2-1-3-9-21/h1-18H,19-20H2,(H2,36,38). The first-order chi connectivity index (χ1) is 19.0. The maximum atomic E-state index is 12.4. The fraction of sp³-hybridized carbons (Fsp3) is 0.0606. The molecule has 0 bridgehead atoms. The molecule has 2 N–H and O–H groups in total. The Kier molecular flexibility index (Phi) is 6.74. The highest BCUT2D eigenvalue weighted by Gasteiger charge is 2.19. The average Bonchev–Trinajstić information content (AvgIpc) is 3.26. The molecule has 0 unspecified atom stereocenters. The zero-order chi connectivity index (χ0) is 26.9. The molecule has 5 aromatic carbocycles. The molecule has 0 fully saturated rings. The summed E-state index contributed by atoms with van der Waals surface area (Å²) in [7, 11) is 0. The van der Waals surface area contributed by atoms with Crippen LogP contribution in [-0.4, -0.2) is 10.5 Å². The van der Waals surface area contributed by atoms with Gasteiger partial charge in [0.05, 0.1) is 17.6 Å². The Labute approximate surface area is 236 Å². The summed E-state index contributed by atoms with van der Waals surface area (Å²) in [4.78, 5) is 12.4. The van der Waals surface area contributed by atoms with Gasteiger partial charge in [0, 0.05) is 37.5 Å². The molecule has 39 heavy (non-hydrogen) atoms. The number of para-hydroxylation sites is 1. The molecule has 192 valence electrons. The molecule has 1 amide bonds. The Morgan fingerprint density at radius 3 is 2.26 bits per heavy atom. The molecule has 0 saturated carbocycles. The number of primary amides is 1. The summed E-state index contributed by atoms with van der Waals surface area (Å²) in [6.07, 6.45) is 0. The first-order valence-electron chi connectivity index (χ1n) is 12.5. The van der Waals surface area contributed by atoms with E-state index in [0.29, 0.717) is 28.8 Å². The summed E-state index contributed by atoms with van der Waals surface area (Å²) in [5.41, 5.74) is 11.9. The predicted octanol–water partition coefficient (Wildman–Crippen LogP) is 8.49. The quantitative estimate of drug-likeness (QED) is 0.216. The number of aromatic nitrogens is 1. The Morgan fingerprint density at radius 1 is 0.769 bits per heavy atom. The molecule has 0 aliphatic heterocycles. The van der Waals surface area contributed by atoms with Gasteiger partial charge in [0.2, 0.25) is 5.91 Å². The number of ether oxygens (including phenoxy) is 1. The van der Waals surface area contributed by atoms with E-state index in [1.807, 2.05) is 91.0 Å². The highest BCUT2D eigenvalue weighted by molar-refractivity contribution is 6.39. The third-order valence-corrected chi connectivity index (χ3v) is 7.58. The summed E-state index contributed by atoms with van der Waals surface area (Å²) in [5.74, 6) is 0.331. The van der Waals surface area contributed by atoms with E-state index >= 15 is 0 Å². The molecule has 1 heterocycles. The number of benzene rings is 5. The van der Waals surface area contributed by atoms with Gasteiger partial charge < -0.3 is 15.0 Å². The van der Waals surface area contributed by atoms with Crippen LogP contribution in [0.25, 0.3) is 32.9 Å². The largest absolute Gasteiger partial charge is 0.489 e. The average molecular weight is 551 g/mol. The molecule has 1 aromatic heterocycles. The van der Waals surface area contributed by atoms with Gasteiger partial charge in [-0.1, -0.05) is 96.0 Å². The van der Waals surface area contributed by atoms with E-state index in [1.54, 1.807) is 6.07 Å². The zero-order valence-corrected chi connectivity index (χ0v) is 22.4. The summed E-state index contributed by atoms with van der Waals surface area (Å²) in [6, 6.07) is 35.3. The maximum Gasteiger partial charge on any atom is 0.249 e.